The van der Waals surface area contributed by atoms with Crippen molar-refractivity contribution in [2.75, 3.05) is 17.3 Å². The van der Waals surface area contributed by atoms with Gasteiger partial charge in [-0.05, 0) is 49.6 Å². The monoisotopic (exact) mass is 378 g/mol. The normalized spacial score (nSPS) is 19.7. The van der Waals surface area contributed by atoms with E-state index < -0.39 is 0 Å². The van der Waals surface area contributed by atoms with Crippen LogP contribution in [0.25, 0.3) is 0 Å². The molecule has 2 aliphatic rings. The number of aryl methyl sites for hydroxylation is 1. The zero-order valence-corrected chi connectivity index (χ0v) is 16.4. The number of carbonyl (C=O) groups excluding carboxylic acids is 2. The predicted octanol–water partition coefficient (Wildman–Crippen LogP) is 3.79. The summed E-state index contributed by atoms with van der Waals surface area (Å²) >= 11 is 0. The van der Waals surface area contributed by atoms with Crippen LogP contribution in [0.15, 0.2) is 36.4 Å². The summed E-state index contributed by atoms with van der Waals surface area (Å²) in [5.41, 5.74) is 3.19. The molecule has 28 heavy (non-hydrogen) atoms. The van der Waals surface area contributed by atoms with Crippen LogP contribution in [0, 0.1) is 12.8 Å². The van der Waals surface area contributed by atoms with Crippen molar-refractivity contribution in [3.8, 4) is 0 Å². The molecule has 0 radical (unpaired) electrons. The lowest BCUT2D eigenvalue weighted by atomic mass is 9.88. The highest BCUT2D eigenvalue weighted by molar-refractivity contribution is 6.01. The lowest BCUT2D eigenvalue weighted by molar-refractivity contribution is -0.120. The van der Waals surface area contributed by atoms with E-state index in [1.54, 1.807) is 0 Å². The summed E-state index contributed by atoms with van der Waals surface area (Å²) in [5.74, 6) is 0.802. The summed E-state index contributed by atoms with van der Waals surface area (Å²) in [7, 11) is 1.92. The Morgan fingerprint density at radius 1 is 1.11 bits per heavy atom. The highest BCUT2D eigenvalue weighted by Gasteiger charge is 2.30. The third-order valence-electron chi connectivity index (χ3n) is 5.72. The van der Waals surface area contributed by atoms with Crippen LogP contribution in [0.4, 0.5) is 11.5 Å². The van der Waals surface area contributed by atoms with Crippen LogP contribution in [-0.4, -0.2) is 23.8 Å². The molecule has 146 valence electrons. The molecule has 0 saturated heterocycles. The molecule has 1 saturated carbocycles. The quantitative estimate of drug-likeness (QED) is 0.852. The lowest BCUT2D eigenvalue weighted by Gasteiger charge is -2.35. The highest BCUT2D eigenvalue weighted by Crippen LogP contribution is 2.31. The third-order valence-corrected chi connectivity index (χ3v) is 5.72. The number of aromatic nitrogens is 1. The van der Waals surface area contributed by atoms with E-state index in [0.717, 1.165) is 42.6 Å². The molecule has 0 spiro atoms. The minimum atomic E-state index is -0.294. The van der Waals surface area contributed by atoms with E-state index in [-0.39, 0.29) is 23.9 Å². The standard InChI is InChI=1S/C22H26N4O2/c1-14-8-13-18-20(23-14)26(2)19(25-22(18)28)15-9-11-17(12-10-15)24-21(27)16-6-4-3-5-7-16/h8-13,16,19H,3-7H2,1-2H3,(H,24,27)(H,25,28). The Morgan fingerprint density at radius 3 is 2.54 bits per heavy atom. The second kappa shape index (κ2) is 7.62. The number of fused-ring (bicyclic) bond motifs is 1. The van der Waals surface area contributed by atoms with Gasteiger partial charge in [-0.3, -0.25) is 9.59 Å². The average molecular weight is 378 g/mol. The van der Waals surface area contributed by atoms with Gasteiger partial charge in [-0.1, -0.05) is 31.4 Å². The molecule has 1 aliphatic carbocycles. The number of nitrogens with one attached hydrogen (secondary N) is 2. The van der Waals surface area contributed by atoms with Gasteiger partial charge in [0.15, 0.2) is 0 Å². The number of nitrogens with zero attached hydrogens (tertiary/aromatic N) is 2. The number of hydrogen-bond acceptors (Lipinski definition) is 4. The van der Waals surface area contributed by atoms with Gasteiger partial charge in [0.1, 0.15) is 12.0 Å². The van der Waals surface area contributed by atoms with Gasteiger partial charge in [-0.15, -0.1) is 0 Å². The maximum Gasteiger partial charge on any atom is 0.256 e. The maximum absolute atomic E-state index is 12.5. The molecule has 1 unspecified atom stereocenters. The first kappa shape index (κ1) is 18.5. The van der Waals surface area contributed by atoms with E-state index in [2.05, 4.69) is 15.6 Å². The Balaban J connectivity index is 1.49. The molecule has 4 rings (SSSR count). The van der Waals surface area contributed by atoms with E-state index in [1.165, 1.54) is 6.42 Å². The van der Waals surface area contributed by atoms with Crippen LogP contribution < -0.4 is 15.5 Å². The summed E-state index contributed by atoms with van der Waals surface area (Å²) in [5, 5.41) is 6.06. The van der Waals surface area contributed by atoms with Crippen LogP contribution in [0.2, 0.25) is 0 Å². The maximum atomic E-state index is 12.5. The van der Waals surface area contributed by atoms with Crippen molar-refractivity contribution in [2.45, 2.75) is 45.2 Å². The largest absolute Gasteiger partial charge is 0.335 e. The van der Waals surface area contributed by atoms with Gasteiger partial charge >= 0.3 is 0 Å². The fraction of sp³-hybridized carbons (Fsp3) is 0.409. The zero-order valence-electron chi connectivity index (χ0n) is 16.4. The number of hydrogen-bond donors (Lipinski definition) is 2. The summed E-state index contributed by atoms with van der Waals surface area (Å²) in [6.07, 6.45) is 5.18. The first-order valence-corrected chi connectivity index (χ1v) is 9.95. The van der Waals surface area contributed by atoms with Crippen molar-refractivity contribution in [3.63, 3.8) is 0 Å². The zero-order chi connectivity index (χ0) is 19.7. The molecule has 2 N–H and O–H groups in total. The van der Waals surface area contributed by atoms with Gasteiger partial charge in [0.05, 0.1) is 5.56 Å². The van der Waals surface area contributed by atoms with Crippen molar-refractivity contribution in [3.05, 3.63) is 53.2 Å². The molecule has 2 heterocycles. The molecule has 1 atom stereocenters. The first-order valence-electron chi connectivity index (χ1n) is 9.95. The van der Waals surface area contributed by atoms with Crippen molar-refractivity contribution < 1.29 is 9.59 Å². The molecule has 1 aromatic heterocycles. The molecule has 6 heteroatoms. The minimum absolute atomic E-state index is 0.115. The Morgan fingerprint density at radius 2 is 1.82 bits per heavy atom. The van der Waals surface area contributed by atoms with Crippen LogP contribution in [-0.2, 0) is 4.79 Å². The van der Waals surface area contributed by atoms with Crippen LogP contribution >= 0.6 is 0 Å². The third kappa shape index (κ3) is 3.59. The van der Waals surface area contributed by atoms with Gasteiger partial charge in [-0.25, -0.2) is 4.98 Å². The van der Waals surface area contributed by atoms with Gasteiger partial charge in [0.25, 0.3) is 5.91 Å². The van der Waals surface area contributed by atoms with E-state index in [9.17, 15) is 9.59 Å². The van der Waals surface area contributed by atoms with E-state index in [1.807, 2.05) is 55.3 Å². The molecule has 2 aromatic rings. The first-order chi connectivity index (χ1) is 13.5. The Labute approximate surface area is 165 Å². The Hall–Kier alpha value is -2.89. The SMILES string of the molecule is Cc1ccc2c(n1)N(C)C(c1ccc(NC(=O)C3CCCCC3)cc1)NC2=O. The number of amides is 2. The van der Waals surface area contributed by atoms with Crippen LogP contribution in [0.3, 0.4) is 0 Å². The molecule has 1 fully saturated rings. The molecule has 1 aromatic carbocycles. The van der Waals surface area contributed by atoms with E-state index >= 15 is 0 Å². The van der Waals surface area contributed by atoms with Crippen molar-refractivity contribution >= 4 is 23.3 Å². The molecular formula is C22H26N4O2. The fourth-order valence-electron chi connectivity index (χ4n) is 4.07. The van der Waals surface area contributed by atoms with Gasteiger partial charge in [0.2, 0.25) is 5.91 Å². The molecular weight excluding hydrogens is 352 g/mol. The predicted molar refractivity (Wildman–Crippen MR) is 109 cm³/mol. The fourth-order valence-corrected chi connectivity index (χ4v) is 4.07. The highest BCUT2D eigenvalue weighted by atomic mass is 16.2. The Bertz CT molecular complexity index is 888. The number of anilines is 2. The number of rotatable bonds is 3. The minimum Gasteiger partial charge on any atom is -0.335 e. The summed E-state index contributed by atoms with van der Waals surface area (Å²) < 4.78 is 0. The topological polar surface area (TPSA) is 74.3 Å². The Kier molecular flexibility index (Phi) is 5.03. The number of benzene rings is 1. The van der Waals surface area contributed by atoms with Crippen LogP contribution in [0.5, 0.6) is 0 Å². The number of pyridine rings is 1. The summed E-state index contributed by atoms with van der Waals surface area (Å²) in [4.78, 5) is 31.4. The van der Waals surface area contributed by atoms with Crippen molar-refractivity contribution in [1.29, 1.82) is 0 Å². The smallest absolute Gasteiger partial charge is 0.256 e. The van der Waals surface area contributed by atoms with Gasteiger partial charge in [0, 0.05) is 24.3 Å². The molecule has 2 amide bonds. The van der Waals surface area contributed by atoms with Crippen molar-refractivity contribution in [1.82, 2.24) is 10.3 Å². The molecule has 6 nitrogen and oxygen atoms in total. The van der Waals surface area contributed by atoms with Crippen LogP contribution in [0.1, 0.15) is 59.9 Å². The average Bonchev–Trinajstić information content (AvgIpc) is 2.72. The summed E-state index contributed by atoms with van der Waals surface area (Å²) in [6.45, 7) is 1.92. The second-order valence-electron chi connectivity index (χ2n) is 7.76. The second-order valence-corrected chi connectivity index (χ2v) is 7.76. The van der Waals surface area contributed by atoms with E-state index in [4.69, 9.17) is 0 Å². The molecule has 0 bridgehead atoms. The summed E-state index contributed by atoms with van der Waals surface area (Å²) in [6, 6.07) is 11.3. The van der Waals surface area contributed by atoms with Crippen molar-refractivity contribution in [2.24, 2.45) is 5.92 Å². The molecule has 1 aliphatic heterocycles. The number of carbonyl (C=O) groups is 2. The van der Waals surface area contributed by atoms with E-state index in [0.29, 0.717) is 11.4 Å². The lowest BCUT2D eigenvalue weighted by Crippen LogP contribution is -2.45. The van der Waals surface area contributed by atoms with Gasteiger partial charge < -0.3 is 15.5 Å². The van der Waals surface area contributed by atoms with Gasteiger partial charge in [-0.2, -0.15) is 0 Å².